The van der Waals surface area contributed by atoms with Crippen molar-refractivity contribution in [2.75, 3.05) is 17.7 Å². The molecule has 33 heavy (non-hydrogen) atoms. The number of hydrogen-bond acceptors (Lipinski definition) is 8. The van der Waals surface area contributed by atoms with Crippen molar-refractivity contribution in [3.05, 3.63) is 65.6 Å². The highest BCUT2D eigenvalue weighted by Gasteiger charge is 2.17. The number of hydrogen-bond donors (Lipinski definition) is 2. The van der Waals surface area contributed by atoms with Crippen LogP contribution in [0, 0.1) is 0 Å². The van der Waals surface area contributed by atoms with Gasteiger partial charge in [0.1, 0.15) is 11.6 Å². The van der Waals surface area contributed by atoms with E-state index in [-0.39, 0.29) is 0 Å². The lowest BCUT2D eigenvalue weighted by Gasteiger charge is -2.13. The first kappa shape index (κ1) is 20.9. The Balaban J connectivity index is 1.58. The van der Waals surface area contributed by atoms with Gasteiger partial charge in [0, 0.05) is 36.3 Å². The third-order valence-corrected chi connectivity index (χ3v) is 5.59. The molecule has 1 aromatic carbocycles. The van der Waals surface area contributed by atoms with Crippen molar-refractivity contribution in [3.63, 3.8) is 0 Å². The number of aromatic nitrogens is 6. The molecule has 0 saturated carbocycles. The molecule has 0 amide bonds. The lowest BCUT2D eigenvalue weighted by molar-refractivity contribution is 0.415. The van der Waals surface area contributed by atoms with Crippen LogP contribution in [0.1, 0.15) is 12.5 Å². The van der Waals surface area contributed by atoms with E-state index in [0.29, 0.717) is 41.3 Å². The van der Waals surface area contributed by atoms with Gasteiger partial charge in [0.2, 0.25) is 0 Å². The predicted molar refractivity (Wildman–Crippen MR) is 129 cm³/mol. The molecule has 0 saturated heterocycles. The van der Waals surface area contributed by atoms with Crippen LogP contribution in [0.2, 0.25) is 5.02 Å². The molecule has 0 aliphatic rings. The lowest BCUT2D eigenvalue weighted by atomic mass is 10.1. The van der Waals surface area contributed by atoms with Crippen molar-refractivity contribution in [1.82, 2.24) is 29.9 Å². The lowest BCUT2D eigenvalue weighted by Crippen LogP contribution is -2.06. The Morgan fingerprint density at radius 2 is 1.91 bits per heavy atom. The fraction of sp³-hybridized carbons (Fsp3) is 0.174. The molecule has 4 aromatic heterocycles. The zero-order valence-corrected chi connectivity index (χ0v) is 18.8. The third kappa shape index (κ3) is 3.98. The van der Waals surface area contributed by atoms with E-state index in [0.717, 1.165) is 27.4 Å². The third-order valence-electron chi connectivity index (χ3n) is 5.30. The van der Waals surface area contributed by atoms with Crippen LogP contribution in [0.25, 0.3) is 21.8 Å². The molecule has 166 valence electrons. The normalized spacial score (nSPS) is 11.1. The van der Waals surface area contributed by atoms with E-state index < -0.39 is 0 Å². The standard InChI is InChI=1S/C23H21ClN8O/c1-3-32-23-16(13-28-32)20-15(12-27-23)21(29-19-6-4-5-9-25-19)30-31-22(20)26-11-14-7-8-18(33-2)17(24)10-14/h4-10,12-13H,3,11H2,1-2H3,(H,26,31)(H,25,29,30). The van der Waals surface area contributed by atoms with E-state index in [1.54, 1.807) is 19.5 Å². The van der Waals surface area contributed by atoms with Gasteiger partial charge in [0.05, 0.1) is 23.7 Å². The fourth-order valence-electron chi connectivity index (χ4n) is 3.68. The Labute approximate surface area is 194 Å². The van der Waals surface area contributed by atoms with Gasteiger partial charge in [-0.25, -0.2) is 14.6 Å². The number of pyridine rings is 2. The number of halogens is 1. The van der Waals surface area contributed by atoms with Gasteiger partial charge in [-0.2, -0.15) is 5.10 Å². The highest BCUT2D eigenvalue weighted by molar-refractivity contribution is 6.32. The van der Waals surface area contributed by atoms with Gasteiger partial charge >= 0.3 is 0 Å². The van der Waals surface area contributed by atoms with E-state index in [1.807, 2.05) is 54.2 Å². The average molecular weight is 461 g/mol. The second-order valence-electron chi connectivity index (χ2n) is 7.30. The van der Waals surface area contributed by atoms with Gasteiger partial charge in [-0.3, -0.25) is 0 Å². The topological polar surface area (TPSA) is 103 Å². The summed E-state index contributed by atoms with van der Waals surface area (Å²) < 4.78 is 7.10. The summed E-state index contributed by atoms with van der Waals surface area (Å²) in [5, 5.41) is 23.2. The molecule has 10 heteroatoms. The second kappa shape index (κ2) is 8.87. The molecule has 0 atom stereocenters. The number of ether oxygens (including phenoxy) is 1. The maximum absolute atomic E-state index is 6.29. The Morgan fingerprint density at radius 3 is 2.67 bits per heavy atom. The number of rotatable bonds is 7. The predicted octanol–water partition coefficient (Wildman–Crippen LogP) is 4.81. The van der Waals surface area contributed by atoms with Crippen LogP contribution in [0.4, 0.5) is 17.5 Å². The van der Waals surface area contributed by atoms with E-state index >= 15 is 0 Å². The van der Waals surface area contributed by atoms with Crippen molar-refractivity contribution >= 4 is 50.9 Å². The fourth-order valence-corrected chi connectivity index (χ4v) is 3.96. The summed E-state index contributed by atoms with van der Waals surface area (Å²) in [5.41, 5.74) is 1.78. The van der Waals surface area contributed by atoms with E-state index in [9.17, 15) is 0 Å². The van der Waals surface area contributed by atoms with Crippen LogP contribution in [-0.2, 0) is 13.1 Å². The first-order valence-electron chi connectivity index (χ1n) is 10.4. The van der Waals surface area contributed by atoms with Crippen LogP contribution in [0.5, 0.6) is 5.75 Å². The number of anilines is 3. The largest absolute Gasteiger partial charge is 0.495 e. The maximum atomic E-state index is 6.29. The number of methoxy groups -OCH3 is 1. The van der Waals surface area contributed by atoms with Crippen molar-refractivity contribution in [1.29, 1.82) is 0 Å². The molecule has 5 rings (SSSR count). The number of benzene rings is 1. The molecule has 0 radical (unpaired) electrons. The summed E-state index contributed by atoms with van der Waals surface area (Å²) in [6.07, 6.45) is 5.33. The highest BCUT2D eigenvalue weighted by Crippen LogP contribution is 2.33. The first-order valence-corrected chi connectivity index (χ1v) is 10.8. The summed E-state index contributed by atoms with van der Waals surface area (Å²) in [5.74, 6) is 2.51. The number of aryl methyl sites for hydroxylation is 1. The summed E-state index contributed by atoms with van der Waals surface area (Å²) in [6.45, 7) is 3.25. The smallest absolute Gasteiger partial charge is 0.163 e. The van der Waals surface area contributed by atoms with Crippen molar-refractivity contribution < 1.29 is 4.74 Å². The number of nitrogens with zero attached hydrogens (tertiary/aromatic N) is 6. The van der Waals surface area contributed by atoms with Crippen LogP contribution < -0.4 is 15.4 Å². The summed E-state index contributed by atoms with van der Waals surface area (Å²) >= 11 is 6.29. The van der Waals surface area contributed by atoms with Gasteiger partial charge < -0.3 is 15.4 Å². The summed E-state index contributed by atoms with van der Waals surface area (Å²) in [7, 11) is 1.59. The minimum absolute atomic E-state index is 0.506. The van der Waals surface area contributed by atoms with E-state index in [2.05, 4.69) is 35.9 Å². The zero-order chi connectivity index (χ0) is 22.8. The van der Waals surface area contributed by atoms with Crippen molar-refractivity contribution in [2.24, 2.45) is 0 Å². The Bertz CT molecular complexity index is 1440. The van der Waals surface area contributed by atoms with Gasteiger partial charge in [0.15, 0.2) is 17.3 Å². The highest BCUT2D eigenvalue weighted by atomic mass is 35.5. The van der Waals surface area contributed by atoms with Crippen LogP contribution in [0.15, 0.2) is 55.0 Å². The average Bonchev–Trinajstić information content (AvgIpc) is 3.27. The Hall–Kier alpha value is -3.98. The molecule has 2 N–H and O–H groups in total. The molecule has 0 spiro atoms. The Morgan fingerprint density at radius 1 is 1.03 bits per heavy atom. The molecular formula is C23H21ClN8O. The molecular weight excluding hydrogens is 440 g/mol. The van der Waals surface area contributed by atoms with Gasteiger partial charge in [-0.15, -0.1) is 10.2 Å². The van der Waals surface area contributed by atoms with Gasteiger partial charge in [-0.1, -0.05) is 23.7 Å². The monoisotopic (exact) mass is 460 g/mol. The quantitative estimate of drug-likeness (QED) is 0.357. The van der Waals surface area contributed by atoms with Crippen molar-refractivity contribution in [2.45, 2.75) is 20.0 Å². The summed E-state index contributed by atoms with van der Waals surface area (Å²) in [6, 6.07) is 11.3. The summed E-state index contributed by atoms with van der Waals surface area (Å²) in [4.78, 5) is 8.97. The molecule has 0 bridgehead atoms. The van der Waals surface area contributed by atoms with Crippen LogP contribution in [0.3, 0.4) is 0 Å². The van der Waals surface area contributed by atoms with Crippen molar-refractivity contribution in [3.8, 4) is 5.75 Å². The number of fused-ring (bicyclic) bond motifs is 3. The van der Waals surface area contributed by atoms with Crippen LogP contribution in [-0.4, -0.2) is 37.1 Å². The van der Waals surface area contributed by atoms with Crippen LogP contribution >= 0.6 is 11.6 Å². The SMILES string of the molecule is CCn1ncc2c3c(NCc4ccc(OC)c(Cl)c4)nnc(Nc4ccccn4)c3cnc21. The second-order valence-corrected chi connectivity index (χ2v) is 7.71. The molecule has 5 aromatic rings. The van der Waals surface area contributed by atoms with E-state index in [4.69, 9.17) is 16.3 Å². The van der Waals surface area contributed by atoms with E-state index in [1.165, 1.54) is 0 Å². The first-order chi connectivity index (χ1) is 16.2. The molecule has 0 aliphatic heterocycles. The number of nitrogens with one attached hydrogen (secondary N) is 2. The molecule has 9 nitrogen and oxygen atoms in total. The van der Waals surface area contributed by atoms with Gasteiger partial charge in [0.25, 0.3) is 0 Å². The van der Waals surface area contributed by atoms with Gasteiger partial charge in [-0.05, 0) is 36.8 Å². The molecule has 0 unspecified atom stereocenters. The minimum Gasteiger partial charge on any atom is -0.495 e. The zero-order valence-electron chi connectivity index (χ0n) is 18.1. The Kier molecular flexibility index (Phi) is 5.62. The molecule has 0 aliphatic carbocycles. The maximum Gasteiger partial charge on any atom is 0.163 e. The minimum atomic E-state index is 0.506. The molecule has 4 heterocycles. The molecule has 0 fully saturated rings.